The topological polar surface area (TPSA) is 87.0 Å². The number of aromatic amines is 1. The van der Waals surface area contributed by atoms with Gasteiger partial charge in [0.2, 0.25) is 0 Å². The molecule has 98 valence electrons. The van der Waals surface area contributed by atoms with Crippen LogP contribution >= 0.6 is 0 Å². The molecule has 0 bridgehead atoms. The second kappa shape index (κ2) is 4.40. The van der Waals surface area contributed by atoms with Gasteiger partial charge >= 0.3 is 0 Å². The summed E-state index contributed by atoms with van der Waals surface area (Å²) in [4.78, 5) is 19.2. The van der Waals surface area contributed by atoms with Gasteiger partial charge in [-0.1, -0.05) is 0 Å². The number of anilines is 1. The predicted octanol–water partition coefficient (Wildman–Crippen LogP) is 0.672. The number of hydrogen-bond donors (Lipinski definition) is 3. The average molecular weight is 257 g/mol. The van der Waals surface area contributed by atoms with Crippen LogP contribution in [0.15, 0.2) is 24.4 Å². The summed E-state index contributed by atoms with van der Waals surface area (Å²) in [6.07, 6.45) is 2.53. The van der Waals surface area contributed by atoms with Crippen LogP contribution in [0.25, 0.3) is 11.3 Å². The van der Waals surface area contributed by atoms with Gasteiger partial charge in [0.25, 0.3) is 5.91 Å². The molecular weight excluding hydrogens is 242 g/mol. The lowest BCUT2D eigenvalue weighted by Gasteiger charge is -2.11. The fraction of sp³-hybridized carbons (Fsp3) is 0.231. The summed E-state index contributed by atoms with van der Waals surface area (Å²) in [5.41, 5.74) is 3.58. The number of fused-ring (bicyclic) bond motifs is 1. The van der Waals surface area contributed by atoms with Crippen molar-refractivity contribution in [3.05, 3.63) is 35.7 Å². The molecule has 3 heterocycles. The highest BCUT2D eigenvalue weighted by Crippen LogP contribution is 2.25. The van der Waals surface area contributed by atoms with Crippen LogP contribution in [0.1, 0.15) is 16.1 Å². The van der Waals surface area contributed by atoms with Crippen molar-refractivity contribution < 1.29 is 4.79 Å². The Hall–Kier alpha value is -2.34. The molecule has 1 aliphatic rings. The first kappa shape index (κ1) is 11.7. The molecule has 0 unspecified atom stereocenters. The van der Waals surface area contributed by atoms with E-state index < -0.39 is 0 Å². The maximum Gasteiger partial charge on any atom is 0.253 e. The minimum atomic E-state index is -0.0195. The number of hydrogen-bond acceptors (Lipinski definition) is 4. The van der Waals surface area contributed by atoms with Crippen LogP contribution in [0.5, 0.6) is 0 Å². The molecule has 1 amide bonds. The van der Waals surface area contributed by atoms with Gasteiger partial charge in [-0.2, -0.15) is 0 Å². The van der Waals surface area contributed by atoms with Gasteiger partial charge in [0.1, 0.15) is 5.82 Å². The van der Waals surface area contributed by atoms with Gasteiger partial charge in [0, 0.05) is 43.2 Å². The molecule has 4 N–H and O–H groups in total. The first-order chi connectivity index (χ1) is 9.15. The lowest BCUT2D eigenvalue weighted by atomic mass is 10.1. The Balaban J connectivity index is 2.03. The molecule has 0 fully saturated rings. The third-order valence-corrected chi connectivity index (χ3v) is 3.22. The number of nitrogens with one attached hydrogen (secondary N) is 2. The third-order valence-electron chi connectivity index (χ3n) is 3.22. The fourth-order valence-corrected chi connectivity index (χ4v) is 2.23. The Kier molecular flexibility index (Phi) is 2.72. The second-order valence-corrected chi connectivity index (χ2v) is 4.59. The van der Waals surface area contributed by atoms with Crippen molar-refractivity contribution in [2.75, 3.05) is 18.6 Å². The molecule has 0 aromatic carbocycles. The zero-order chi connectivity index (χ0) is 13.4. The predicted molar refractivity (Wildman–Crippen MR) is 72.7 cm³/mol. The van der Waals surface area contributed by atoms with E-state index in [0.29, 0.717) is 12.4 Å². The average Bonchev–Trinajstić information content (AvgIpc) is 2.84. The molecular formula is C13H15N5O. The number of H-pyrrole nitrogens is 1. The molecule has 6 heteroatoms. The fourth-order valence-electron chi connectivity index (χ4n) is 2.23. The Morgan fingerprint density at radius 2 is 2.26 bits per heavy atom. The van der Waals surface area contributed by atoms with E-state index >= 15 is 0 Å². The quantitative estimate of drug-likeness (QED) is 0.545. The molecule has 2 aromatic rings. The van der Waals surface area contributed by atoms with Crippen molar-refractivity contribution in [3.63, 3.8) is 0 Å². The standard InChI is InChI=1S/C13H15N5O/c1-18(14)12-6-8(2-4-15-12)11-7-9-10(17-11)3-5-16-13(9)19/h2,4,6-7,17H,3,5,14H2,1H3,(H,16,19). The molecule has 0 saturated heterocycles. The molecule has 3 rings (SSSR count). The molecule has 19 heavy (non-hydrogen) atoms. The van der Waals surface area contributed by atoms with Gasteiger partial charge in [-0.15, -0.1) is 0 Å². The van der Waals surface area contributed by atoms with Crippen LogP contribution in [0.2, 0.25) is 0 Å². The summed E-state index contributed by atoms with van der Waals surface area (Å²) in [6, 6.07) is 5.65. The maximum absolute atomic E-state index is 11.7. The van der Waals surface area contributed by atoms with Gasteiger partial charge in [-0.05, 0) is 18.2 Å². The van der Waals surface area contributed by atoms with E-state index in [1.165, 1.54) is 5.01 Å². The highest BCUT2D eigenvalue weighted by atomic mass is 16.1. The Bertz CT molecular complexity index is 632. The number of carbonyl (C=O) groups is 1. The lowest BCUT2D eigenvalue weighted by molar-refractivity contribution is 0.0946. The van der Waals surface area contributed by atoms with Gasteiger partial charge in [-0.3, -0.25) is 9.80 Å². The van der Waals surface area contributed by atoms with Crippen LogP contribution < -0.4 is 16.2 Å². The number of nitrogens with zero attached hydrogens (tertiary/aromatic N) is 2. The molecule has 2 aromatic heterocycles. The first-order valence-electron chi connectivity index (χ1n) is 6.10. The van der Waals surface area contributed by atoms with Crippen molar-refractivity contribution in [1.29, 1.82) is 0 Å². The number of hydrazine groups is 1. The van der Waals surface area contributed by atoms with Gasteiger partial charge in [0.15, 0.2) is 0 Å². The zero-order valence-electron chi connectivity index (χ0n) is 10.6. The molecule has 0 aliphatic carbocycles. The molecule has 6 nitrogen and oxygen atoms in total. The summed E-state index contributed by atoms with van der Waals surface area (Å²) >= 11 is 0. The molecule has 0 saturated carbocycles. The zero-order valence-corrected chi connectivity index (χ0v) is 10.6. The number of carbonyl (C=O) groups excluding carboxylic acids is 1. The van der Waals surface area contributed by atoms with E-state index in [-0.39, 0.29) is 5.91 Å². The minimum Gasteiger partial charge on any atom is -0.358 e. The van der Waals surface area contributed by atoms with Crippen molar-refractivity contribution in [2.24, 2.45) is 5.84 Å². The first-order valence-corrected chi connectivity index (χ1v) is 6.10. The second-order valence-electron chi connectivity index (χ2n) is 4.59. The van der Waals surface area contributed by atoms with Crippen molar-refractivity contribution in [3.8, 4) is 11.3 Å². The van der Waals surface area contributed by atoms with Crippen LogP contribution in [-0.4, -0.2) is 29.5 Å². The lowest BCUT2D eigenvalue weighted by Crippen LogP contribution is -2.31. The van der Waals surface area contributed by atoms with Crippen LogP contribution in [0, 0.1) is 0 Å². The summed E-state index contributed by atoms with van der Waals surface area (Å²) < 4.78 is 0. The highest BCUT2D eigenvalue weighted by Gasteiger charge is 2.20. The van der Waals surface area contributed by atoms with Gasteiger partial charge in [0.05, 0.1) is 5.56 Å². The van der Waals surface area contributed by atoms with E-state index in [0.717, 1.165) is 28.9 Å². The van der Waals surface area contributed by atoms with E-state index in [1.54, 1.807) is 13.2 Å². The largest absolute Gasteiger partial charge is 0.358 e. The highest BCUT2D eigenvalue weighted by molar-refractivity contribution is 5.97. The number of aromatic nitrogens is 2. The monoisotopic (exact) mass is 257 g/mol. The maximum atomic E-state index is 11.7. The van der Waals surface area contributed by atoms with E-state index in [2.05, 4.69) is 15.3 Å². The van der Waals surface area contributed by atoms with Gasteiger partial charge < -0.3 is 10.3 Å². The number of pyridine rings is 1. The summed E-state index contributed by atoms with van der Waals surface area (Å²) in [7, 11) is 1.74. The number of nitrogens with two attached hydrogens (primary N) is 1. The van der Waals surface area contributed by atoms with E-state index in [9.17, 15) is 4.79 Å². The summed E-state index contributed by atoms with van der Waals surface area (Å²) in [6.45, 7) is 0.679. The summed E-state index contributed by atoms with van der Waals surface area (Å²) in [5.74, 6) is 6.33. The normalized spacial score (nSPS) is 13.9. The van der Waals surface area contributed by atoms with Crippen LogP contribution in [0.3, 0.4) is 0 Å². The van der Waals surface area contributed by atoms with Crippen LogP contribution in [-0.2, 0) is 6.42 Å². The van der Waals surface area contributed by atoms with Crippen molar-refractivity contribution in [1.82, 2.24) is 15.3 Å². The van der Waals surface area contributed by atoms with Crippen molar-refractivity contribution >= 4 is 11.7 Å². The molecule has 0 atom stereocenters. The smallest absolute Gasteiger partial charge is 0.253 e. The SMILES string of the molecule is CN(N)c1cc(-c2cc3c([nH]2)CCNC3=O)ccn1. The van der Waals surface area contributed by atoms with Crippen LogP contribution in [0.4, 0.5) is 5.82 Å². The van der Waals surface area contributed by atoms with Gasteiger partial charge in [-0.25, -0.2) is 10.8 Å². The Labute approximate surface area is 110 Å². The number of rotatable bonds is 2. The third kappa shape index (κ3) is 2.06. The minimum absolute atomic E-state index is 0.0195. The molecule has 0 radical (unpaired) electrons. The van der Waals surface area contributed by atoms with E-state index in [1.807, 2.05) is 18.2 Å². The Morgan fingerprint density at radius 1 is 1.42 bits per heavy atom. The van der Waals surface area contributed by atoms with Crippen molar-refractivity contribution in [2.45, 2.75) is 6.42 Å². The number of amides is 1. The summed E-state index contributed by atoms with van der Waals surface area (Å²) in [5, 5.41) is 4.29. The molecule has 0 spiro atoms. The molecule has 1 aliphatic heterocycles. The van der Waals surface area contributed by atoms with E-state index in [4.69, 9.17) is 5.84 Å². The Morgan fingerprint density at radius 3 is 3.00 bits per heavy atom.